The molecule has 0 amide bonds. The second-order valence-electron chi connectivity index (χ2n) is 4.08. The lowest BCUT2D eigenvalue weighted by molar-refractivity contribution is 0.819. The number of benzene rings is 1. The highest BCUT2D eigenvalue weighted by Crippen LogP contribution is 2.27. The van der Waals surface area contributed by atoms with Gasteiger partial charge in [-0.15, -0.1) is 0 Å². The zero-order valence-corrected chi connectivity index (χ0v) is 10.8. The lowest BCUT2D eigenvalue weighted by Crippen LogP contribution is -2.06. The van der Waals surface area contributed by atoms with Crippen molar-refractivity contribution in [1.29, 1.82) is 0 Å². The maximum Gasteiger partial charge on any atom is 0.0412 e. The van der Waals surface area contributed by atoms with Gasteiger partial charge in [0.05, 0.1) is 0 Å². The van der Waals surface area contributed by atoms with Crippen molar-refractivity contribution in [2.45, 2.75) is 13.5 Å². The van der Waals surface area contributed by atoms with Gasteiger partial charge in [0.1, 0.15) is 0 Å². The third-order valence-corrected chi connectivity index (χ3v) is 2.86. The van der Waals surface area contributed by atoms with Gasteiger partial charge in [0.25, 0.3) is 0 Å². The smallest absolute Gasteiger partial charge is 0.0412 e. The predicted molar refractivity (Wildman–Crippen MR) is 72.2 cm³/mol. The van der Waals surface area contributed by atoms with Crippen LogP contribution in [0, 0.1) is 6.92 Å². The van der Waals surface area contributed by atoms with Crippen molar-refractivity contribution < 1.29 is 0 Å². The van der Waals surface area contributed by atoms with Gasteiger partial charge in [0.15, 0.2) is 0 Å². The normalized spacial score (nSPS) is 10.5. The average Bonchev–Trinajstić information content (AvgIpc) is 2.32. The summed E-state index contributed by atoms with van der Waals surface area (Å²) in [7, 11) is 1.94. The molecule has 3 heteroatoms. The molecule has 88 valence electrons. The summed E-state index contributed by atoms with van der Waals surface area (Å²) in [5.74, 6) is 0. The first-order chi connectivity index (χ1) is 8.20. The van der Waals surface area contributed by atoms with Crippen LogP contribution in [-0.2, 0) is 6.54 Å². The number of rotatable bonds is 3. The Kier molecular flexibility index (Phi) is 3.77. The highest BCUT2D eigenvalue weighted by molar-refractivity contribution is 6.30. The van der Waals surface area contributed by atoms with Crippen LogP contribution in [0.2, 0.25) is 5.02 Å². The van der Waals surface area contributed by atoms with Crippen LogP contribution in [0.1, 0.15) is 11.1 Å². The van der Waals surface area contributed by atoms with E-state index in [9.17, 15) is 0 Å². The highest BCUT2D eigenvalue weighted by atomic mass is 35.5. The molecular weight excluding hydrogens is 232 g/mol. The van der Waals surface area contributed by atoms with E-state index in [2.05, 4.69) is 22.4 Å². The third kappa shape index (κ3) is 2.84. The molecule has 17 heavy (non-hydrogen) atoms. The van der Waals surface area contributed by atoms with Gasteiger partial charge in [-0.05, 0) is 48.9 Å². The van der Waals surface area contributed by atoms with Crippen LogP contribution in [0.25, 0.3) is 11.1 Å². The molecule has 0 radical (unpaired) electrons. The fourth-order valence-corrected chi connectivity index (χ4v) is 2.04. The van der Waals surface area contributed by atoms with Crippen LogP contribution in [0.3, 0.4) is 0 Å². The van der Waals surface area contributed by atoms with Crippen LogP contribution < -0.4 is 5.32 Å². The number of nitrogens with one attached hydrogen (secondary N) is 1. The molecule has 1 aromatic heterocycles. The molecule has 0 bridgehead atoms. The zero-order valence-electron chi connectivity index (χ0n) is 10.00. The van der Waals surface area contributed by atoms with E-state index in [4.69, 9.17) is 11.6 Å². The first kappa shape index (κ1) is 12.1. The monoisotopic (exact) mass is 246 g/mol. The van der Waals surface area contributed by atoms with E-state index in [1.54, 1.807) is 0 Å². The van der Waals surface area contributed by atoms with Crippen LogP contribution >= 0.6 is 11.6 Å². The minimum atomic E-state index is 0.751. The topological polar surface area (TPSA) is 24.9 Å². The number of halogens is 1. The zero-order chi connectivity index (χ0) is 12.3. The Labute approximate surface area is 107 Å². The fraction of sp³-hybridized carbons (Fsp3) is 0.214. The number of aromatic nitrogens is 1. The van der Waals surface area contributed by atoms with Gasteiger partial charge < -0.3 is 5.32 Å². The van der Waals surface area contributed by atoms with Gasteiger partial charge in [-0.25, -0.2) is 0 Å². The molecule has 1 aromatic carbocycles. The highest BCUT2D eigenvalue weighted by Gasteiger charge is 2.06. The Morgan fingerprint density at radius 3 is 2.76 bits per heavy atom. The van der Waals surface area contributed by atoms with E-state index in [1.165, 1.54) is 5.56 Å². The molecule has 0 aliphatic heterocycles. The molecule has 0 aliphatic carbocycles. The van der Waals surface area contributed by atoms with Crippen molar-refractivity contribution in [1.82, 2.24) is 10.3 Å². The molecule has 0 spiro atoms. The van der Waals surface area contributed by atoms with Crippen molar-refractivity contribution in [3.05, 3.63) is 52.8 Å². The number of pyridine rings is 1. The van der Waals surface area contributed by atoms with E-state index >= 15 is 0 Å². The minimum absolute atomic E-state index is 0.751. The summed E-state index contributed by atoms with van der Waals surface area (Å²) >= 11 is 6.07. The SMILES string of the molecule is CNCc1ccc(Cl)cc1-c1cncc(C)c1. The summed E-state index contributed by atoms with van der Waals surface area (Å²) in [6.07, 6.45) is 3.73. The lowest BCUT2D eigenvalue weighted by Gasteiger charge is -2.10. The molecule has 1 N–H and O–H groups in total. The van der Waals surface area contributed by atoms with Crippen molar-refractivity contribution in [3.8, 4) is 11.1 Å². The van der Waals surface area contributed by atoms with E-state index in [-0.39, 0.29) is 0 Å². The van der Waals surface area contributed by atoms with Crippen molar-refractivity contribution in [3.63, 3.8) is 0 Å². The quantitative estimate of drug-likeness (QED) is 0.898. The largest absolute Gasteiger partial charge is 0.316 e. The van der Waals surface area contributed by atoms with Crippen LogP contribution in [0.5, 0.6) is 0 Å². The fourth-order valence-electron chi connectivity index (χ4n) is 1.86. The molecule has 0 saturated carbocycles. The van der Waals surface area contributed by atoms with Crippen molar-refractivity contribution >= 4 is 11.6 Å². The second kappa shape index (κ2) is 5.30. The molecule has 0 fully saturated rings. The van der Waals surface area contributed by atoms with Crippen LogP contribution in [0.15, 0.2) is 36.7 Å². The molecule has 0 aliphatic rings. The maximum absolute atomic E-state index is 6.07. The van der Waals surface area contributed by atoms with Gasteiger partial charge >= 0.3 is 0 Å². The number of hydrogen-bond donors (Lipinski definition) is 1. The van der Waals surface area contributed by atoms with Gasteiger partial charge in [-0.1, -0.05) is 17.7 Å². The Morgan fingerprint density at radius 1 is 1.24 bits per heavy atom. The molecular formula is C14H15ClN2. The summed E-state index contributed by atoms with van der Waals surface area (Å²) in [6, 6.07) is 8.08. The molecule has 0 saturated heterocycles. The van der Waals surface area contributed by atoms with Crippen molar-refractivity contribution in [2.24, 2.45) is 0 Å². The van der Waals surface area contributed by atoms with Crippen LogP contribution in [-0.4, -0.2) is 12.0 Å². The Bertz CT molecular complexity index is 523. The van der Waals surface area contributed by atoms with Gasteiger partial charge in [0, 0.05) is 29.5 Å². The summed E-state index contributed by atoms with van der Waals surface area (Å²) in [5.41, 5.74) is 4.63. The van der Waals surface area contributed by atoms with Gasteiger partial charge in [0.2, 0.25) is 0 Å². The standard InChI is InChI=1S/C14H15ClN2/c1-10-5-12(9-17-7-10)14-6-13(15)4-3-11(14)8-16-2/h3-7,9,16H,8H2,1-2H3. The van der Waals surface area contributed by atoms with Crippen LogP contribution in [0.4, 0.5) is 0 Å². The number of hydrogen-bond acceptors (Lipinski definition) is 2. The van der Waals surface area contributed by atoms with E-state index in [0.29, 0.717) is 0 Å². The second-order valence-corrected chi connectivity index (χ2v) is 4.52. The summed E-state index contributed by atoms with van der Waals surface area (Å²) < 4.78 is 0. The van der Waals surface area contributed by atoms with E-state index in [0.717, 1.165) is 28.3 Å². The molecule has 0 unspecified atom stereocenters. The molecule has 2 rings (SSSR count). The summed E-state index contributed by atoms with van der Waals surface area (Å²) in [6.45, 7) is 2.86. The molecule has 1 heterocycles. The number of aryl methyl sites for hydroxylation is 1. The first-order valence-electron chi connectivity index (χ1n) is 5.56. The lowest BCUT2D eigenvalue weighted by atomic mass is 10.0. The molecule has 2 aromatic rings. The predicted octanol–water partition coefficient (Wildman–Crippen LogP) is 3.43. The van der Waals surface area contributed by atoms with E-state index < -0.39 is 0 Å². The maximum atomic E-state index is 6.07. The molecule has 0 atom stereocenters. The number of nitrogens with zero attached hydrogens (tertiary/aromatic N) is 1. The Balaban J connectivity index is 2.52. The van der Waals surface area contributed by atoms with E-state index in [1.807, 2.05) is 38.5 Å². The first-order valence-corrected chi connectivity index (χ1v) is 5.93. The van der Waals surface area contributed by atoms with Crippen molar-refractivity contribution in [2.75, 3.05) is 7.05 Å². The molecule has 2 nitrogen and oxygen atoms in total. The third-order valence-electron chi connectivity index (χ3n) is 2.63. The van der Waals surface area contributed by atoms with Gasteiger partial charge in [-0.2, -0.15) is 0 Å². The summed E-state index contributed by atoms with van der Waals surface area (Å²) in [5, 5.41) is 3.92. The summed E-state index contributed by atoms with van der Waals surface area (Å²) in [4.78, 5) is 4.23. The minimum Gasteiger partial charge on any atom is -0.316 e. The van der Waals surface area contributed by atoms with Gasteiger partial charge in [-0.3, -0.25) is 4.98 Å². The Hall–Kier alpha value is -1.38. The average molecular weight is 247 g/mol. The Morgan fingerprint density at radius 2 is 2.06 bits per heavy atom.